The Hall–Kier alpha value is -0.770. The van der Waals surface area contributed by atoms with Gasteiger partial charge < -0.3 is 0 Å². The second-order valence-electron chi connectivity index (χ2n) is 2.66. The predicted molar refractivity (Wildman–Crippen MR) is 50.3 cm³/mol. The Morgan fingerprint density at radius 3 is 1.92 bits per heavy atom. The van der Waals surface area contributed by atoms with Crippen LogP contribution < -0.4 is 0 Å². The molecule has 0 aliphatic rings. The van der Waals surface area contributed by atoms with E-state index >= 15 is 0 Å². The largest absolute Gasteiger partial charge is 0.416 e. The molecule has 0 saturated carbocycles. The second-order valence-corrected chi connectivity index (χ2v) is 4.40. The van der Waals surface area contributed by atoms with E-state index in [-0.39, 0.29) is 10.5 Å². The van der Waals surface area contributed by atoms with Crippen LogP contribution in [0.1, 0.15) is 5.56 Å². The zero-order valence-corrected chi connectivity index (χ0v) is 7.88. The van der Waals surface area contributed by atoms with Crippen molar-refractivity contribution in [1.29, 1.82) is 0 Å². The van der Waals surface area contributed by atoms with Crippen LogP contribution >= 0.6 is 10.5 Å². The third-order valence-electron chi connectivity index (χ3n) is 1.58. The van der Waals surface area contributed by atoms with E-state index in [0.29, 0.717) is 0 Å². The maximum Gasteiger partial charge on any atom is 0.416 e. The van der Waals surface area contributed by atoms with Crippen LogP contribution in [0.2, 0.25) is 0 Å². The summed E-state index contributed by atoms with van der Waals surface area (Å²) in [5.41, 5.74) is -0.610. The minimum atomic E-state index is -4.24. The van der Waals surface area contributed by atoms with Crippen molar-refractivity contribution in [2.75, 3.05) is 6.26 Å². The molecule has 0 fully saturated rings. The molecule has 72 valence electrons. The van der Waals surface area contributed by atoms with E-state index in [0.717, 1.165) is 17.0 Å². The summed E-state index contributed by atoms with van der Waals surface area (Å²) in [6, 6.07) is 5.12. The van der Waals surface area contributed by atoms with Crippen molar-refractivity contribution in [3.05, 3.63) is 29.8 Å². The Morgan fingerprint density at radius 2 is 1.62 bits per heavy atom. The van der Waals surface area contributed by atoms with Gasteiger partial charge >= 0.3 is 6.18 Å². The summed E-state index contributed by atoms with van der Waals surface area (Å²) in [4.78, 5) is 0.841. The van der Waals surface area contributed by atoms with E-state index in [4.69, 9.17) is 0 Å². The highest BCUT2D eigenvalue weighted by atomic mass is 32.2. The SMILES string of the molecule is C=S(C)c1ccc(C(F)(F)F)cc1. The molecule has 1 unspecified atom stereocenters. The first-order valence-electron chi connectivity index (χ1n) is 3.54. The van der Waals surface area contributed by atoms with Crippen LogP contribution in [0.3, 0.4) is 0 Å². The van der Waals surface area contributed by atoms with Gasteiger partial charge in [-0.25, -0.2) is 0 Å². The first kappa shape index (κ1) is 10.3. The molecule has 13 heavy (non-hydrogen) atoms. The summed E-state index contributed by atoms with van der Waals surface area (Å²) in [6.45, 7) is 0. The molecule has 0 nitrogen and oxygen atoms in total. The summed E-state index contributed by atoms with van der Waals surface area (Å²) in [7, 11) is -0.231. The van der Waals surface area contributed by atoms with Crippen LogP contribution in [0.25, 0.3) is 0 Å². The van der Waals surface area contributed by atoms with Crippen LogP contribution in [0.5, 0.6) is 0 Å². The van der Waals surface area contributed by atoms with E-state index in [9.17, 15) is 13.2 Å². The maximum absolute atomic E-state index is 12.1. The highest BCUT2D eigenvalue weighted by Gasteiger charge is 2.29. The fourth-order valence-corrected chi connectivity index (χ4v) is 1.48. The van der Waals surface area contributed by atoms with Crippen molar-refractivity contribution in [2.45, 2.75) is 11.1 Å². The normalized spacial score (nSPS) is 14.2. The van der Waals surface area contributed by atoms with Gasteiger partial charge in [-0.2, -0.15) is 23.7 Å². The summed E-state index contributed by atoms with van der Waals surface area (Å²) in [5.74, 6) is 3.75. The highest BCUT2D eigenvalue weighted by Crippen LogP contribution is 2.31. The summed E-state index contributed by atoms with van der Waals surface area (Å²) in [5, 5.41) is 0. The number of hydrogen-bond donors (Lipinski definition) is 0. The van der Waals surface area contributed by atoms with E-state index in [1.807, 2.05) is 6.26 Å². The molecule has 0 radical (unpaired) electrons. The standard InChI is InChI=1S/C9H9F3S/c1-13(2)8-5-3-7(4-6-8)9(10,11)12/h3-6H,1H2,2H3. The predicted octanol–water partition coefficient (Wildman–Crippen LogP) is 3.40. The molecule has 1 aromatic carbocycles. The van der Waals surface area contributed by atoms with E-state index in [1.165, 1.54) is 12.1 Å². The molecule has 0 bridgehead atoms. The lowest BCUT2D eigenvalue weighted by atomic mass is 10.2. The molecule has 0 saturated heterocycles. The molecular weight excluding hydrogens is 197 g/mol. The molecule has 0 aliphatic heterocycles. The summed E-state index contributed by atoms with van der Waals surface area (Å²) >= 11 is 0. The highest BCUT2D eigenvalue weighted by molar-refractivity contribution is 8.13. The van der Waals surface area contributed by atoms with Crippen molar-refractivity contribution < 1.29 is 13.2 Å². The first-order chi connectivity index (χ1) is 5.91. The van der Waals surface area contributed by atoms with Gasteiger partial charge in [0.2, 0.25) is 0 Å². The molecule has 0 heterocycles. The van der Waals surface area contributed by atoms with Gasteiger partial charge in [0, 0.05) is 4.90 Å². The fourth-order valence-electron chi connectivity index (χ4n) is 0.876. The lowest BCUT2D eigenvalue weighted by Gasteiger charge is -2.07. The monoisotopic (exact) mass is 206 g/mol. The van der Waals surface area contributed by atoms with Crippen LogP contribution in [0, 0.1) is 0 Å². The molecule has 0 N–H and O–H groups in total. The average Bonchev–Trinajstić information content (AvgIpc) is 2.03. The Bertz CT molecular complexity index is 311. The van der Waals surface area contributed by atoms with Crippen molar-refractivity contribution in [3.63, 3.8) is 0 Å². The minimum absolute atomic E-state index is 0.231. The van der Waals surface area contributed by atoms with E-state index < -0.39 is 11.7 Å². The molecule has 1 aromatic rings. The quantitative estimate of drug-likeness (QED) is 0.618. The van der Waals surface area contributed by atoms with Gasteiger partial charge in [0.25, 0.3) is 0 Å². The average molecular weight is 206 g/mol. The molecule has 0 spiro atoms. The second kappa shape index (κ2) is 3.54. The lowest BCUT2D eigenvalue weighted by molar-refractivity contribution is -0.137. The Morgan fingerprint density at radius 1 is 1.15 bits per heavy atom. The maximum atomic E-state index is 12.1. The Labute approximate surface area is 77.3 Å². The van der Waals surface area contributed by atoms with E-state index in [1.54, 1.807) is 0 Å². The third kappa shape index (κ3) is 2.59. The van der Waals surface area contributed by atoms with E-state index in [2.05, 4.69) is 5.87 Å². The Balaban J connectivity index is 3.01. The first-order valence-corrected chi connectivity index (χ1v) is 5.34. The number of benzene rings is 1. The molecule has 1 rings (SSSR count). The zero-order chi connectivity index (χ0) is 10.1. The van der Waals surface area contributed by atoms with Gasteiger partial charge in [0.1, 0.15) is 0 Å². The number of hydrogen-bond acceptors (Lipinski definition) is 0. The third-order valence-corrected chi connectivity index (χ3v) is 2.66. The number of rotatable bonds is 1. The minimum Gasteiger partial charge on any atom is -0.166 e. The van der Waals surface area contributed by atoms with Crippen LogP contribution in [0.15, 0.2) is 29.2 Å². The smallest absolute Gasteiger partial charge is 0.166 e. The van der Waals surface area contributed by atoms with Gasteiger partial charge in [-0.1, -0.05) is 5.87 Å². The van der Waals surface area contributed by atoms with Crippen molar-refractivity contribution in [1.82, 2.24) is 0 Å². The van der Waals surface area contributed by atoms with Crippen molar-refractivity contribution >= 4 is 16.4 Å². The zero-order valence-electron chi connectivity index (χ0n) is 7.06. The van der Waals surface area contributed by atoms with Gasteiger partial charge in [0.05, 0.1) is 5.56 Å². The topological polar surface area (TPSA) is 0 Å². The van der Waals surface area contributed by atoms with Gasteiger partial charge in [0.15, 0.2) is 0 Å². The number of halogens is 3. The summed E-state index contributed by atoms with van der Waals surface area (Å²) in [6.07, 6.45) is -2.38. The molecule has 0 amide bonds. The molecular formula is C9H9F3S. The molecule has 0 aromatic heterocycles. The van der Waals surface area contributed by atoms with Crippen LogP contribution in [0.4, 0.5) is 13.2 Å². The lowest BCUT2D eigenvalue weighted by Crippen LogP contribution is -2.03. The fraction of sp³-hybridized carbons (Fsp3) is 0.222. The van der Waals surface area contributed by atoms with Crippen molar-refractivity contribution in [2.24, 2.45) is 0 Å². The molecule has 1 atom stereocenters. The van der Waals surface area contributed by atoms with Gasteiger partial charge in [-0.3, -0.25) is 0 Å². The van der Waals surface area contributed by atoms with Crippen molar-refractivity contribution in [3.8, 4) is 0 Å². The summed E-state index contributed by atoms with van der Waals surface area (Å²) < 4.78 is 36.3. The van der Waals surface area contributed by atoms with Crippen LogP contribution in [-0.2, 0) is 6.18 Å². The number of alkyl halides is 3. The van der Waals surface area contributed by atoms with Crippen LogP contribution in [-0.4, -0.2) is 12.1 Å². The van der Waals surface area contributed by atoms with Gasteiger partial charge in [-0.15, -0.1) is 0 Å². The van der Waals surface area contributed by atoms with Gasteiger partial charge in [-0.05, 0) is 30.5 Å². The Kier molecular flexibility index (Phi) is 2.81. The molecule has 0 aliphatic carbocycles. The molecule has 4 heteroatoms.